The summed E-state index contributed by atoms with van der Waals surface area (Å²) in [5, 5.41) is 4.29. The summed E-state index contributed by atoms with van der Waals surface area (Å²) in [6, 6.07) is 5.35. The van der Waals surface area contributed by atoms with E-state index < -0.39 is 0 Å². The molecule has 0 spiro atoms. The lowest BCUT2D eigenvalue weighted by molar-refractivity contribution is 0.589. The fourth-order valence-electron chi connectivity index (χ4n) is 2.29. The van der Waals surface area contributed by atoms with Gasteiger partial charge in [-0.3, -0.25) is 0 Å². The highest BCUT2D eigenvalue weighted by atomic mass is 19.1. The van der Waals surface area contributed by atoms with Gasteiger partial charge in [0.05, 0.1) is 5.52 Å². The summed E-state index contributed by atoms with van der Waals surface area (Å²) in [6.45, 7) is 3.93. The van der Waals surface area contributed by atoms with E-state index in [0.717, 1.165) is 37.3 Å². The number of nitrogens with one attached hydrogen (secondary N) is 2. The van der Waals surface area contributed by atoms with Gasteiger partial charge in [-0.05, 0) is 18.2 Å². The van der Waals surface area contributed by atoms with Crippen LogP contribution in [0.2, 0.25) is 0 Å². The predicted molar refractivity (Wildman–Crippen MR) is 63.3 cm³/mol. The molecule has 2 aromatic rings. The summed E-state index contributed by atoms with van der Waals surface area (Å²) in [7, 11) is 0. The molecule has 1 aromatic heterocycles. The zero-order chi connectivity index (χ0) is 11.0. The van der Waals surface area contributed by atoms with Crippen molar-refractivity contribution in [3.05, 3.63) is 30.2 Å². The highest BCUT2D eigenvalue weighted by Gasteiger charge is 2.14. The SMILES string of the molecule is Fc1ccc(N2CCNCC2)c2cc[nH]c12. The van der Waals surface area contributed by atoms with Crippen LogP contribution in [-0.4, -0.2) is 31.2 Å². The largest absolute Gasteiger partial charge is 0.368 e. The molecule has 0 atom stereocenters. The Morgan fingerprint density at radius 2 is 1.94 bits per heavy atom. The number of H-pyrrole nitrogens is 1. The van der Waals surface area contributed by atoms with E-state index in [1.165, 1.54) is 6.07 Å². The fourth-order valence-corrected chi connectivity index (χ4v) is 2.29. The molecule has 0 unspecified atom stereocenters. The Labute approximate surface area is 93.3 Å². The van der Waals surface area contributed by atoms with Crippen LogP contribution in [-0.2, 0) is 0 Å². The topological polar surface area (TPSA) is 31.1 Å². The van der Waals surface area contributed by atoms with E-state index in [0.29, 0.717) is 5.52 Å². The number of aromatic amines is 1. The molecule has 84 valence electrons. The van der Waals surface area contributed by atoms with Crippen molar-refractivity contribution in [3.8, 4) is 0 Å². The van der Waals surface area contributed by atoms with Gasteiger partial charge in [-0.2, -0.15) is 0 Å². The second-order valence-corrected chi connectivity index (χ2v) is 4.07. The molecule has 1 aliphatic rings. The van der Waals surface area contributed by atoms with Crippen LogP contribution < -0.4 is 10.2 Å². The number of hydrogen-bond acceptors (Lipinski definition) is 2. The molecule has 0 amide bonds. The third-order valence-electron chi connectivity index (χ3n) is 3.11. The van der Waals surface area contributed by atoms with E-state index in [-0.39, 0.29) is 5.82 Å². The van der Waals surface area contributed by atoms with Gasteiger partial charge in [0.25, 0.3) is 0 Å². The molecular formula is C12H14FN3. The van der Waals surface area contributed by atoms with Crippen LogP contribution in [0.5, 0.6) is 0 Å². The normalized spacial score (nSPS) is 16.9. The van der Waals surface area contributed by atoms with Crippen molar-refractivity contribution in [2.75, 3.05) is 31.1 Å². The molecular weight excluding hydrogens is 205 g/mol. The molecule has 1 saturated heterocycles. The van der Waals surface area contributed by atoms with Gasteiger partial charge in [0.2, 0.25) is 0 Å². The van der Waals surface area contributed by atoms with Gasteiger partial charge in [-0.25, -0.2) is 4.39 Å². The van der Waals surface area contributed by atoms with Crippen molar-refractivity contribution in [2.45, 2.75) is 0 Å². The highest BCUT2D eigenvalue weighted by molar-refractivity contribution is 5.92. The van der Waals surface area contributed by atoms with Gasteiger partial charge in [0, 0.05) is 43.4 Å². The number of piperazine rings is 1. The minimum absolute atomic E-state index is 0.182. The molecule has 2 heterocycles. The second kappa shape index (κ2) is 3.79. The maximum atomic E-state index is 13.5. The van der Waals surface area contributed by atoms with Crippen LogP contribution >= 0.6 is 0 Å². The molecule has 2 N–H and O–H groups in total. The summed E-state index contributed by atoms with van der Waals surface area (Å²) in [6.07, 6.45) is 1.79. The predicted octanol–water partition coefficient (Wildman–Crippen LogP) is 1.72. The summed E-state index contributed by atoms with van der Waals surface area (Å²) in [5.74, 6) is -0.182. The van der Waals surface area contributed by atoms with Gasteiger partial charge in [0.1, 0.15) is 5.82 Å². The smallest absolute Gasteiger partial charge is 0.147 e. The van der Waals surface area contributed by atoms with Crippen LogP contribution in [0.1, 0.15) is 0 Å². The Balaban J connectivity index is 2.08. The molecule has 0 aliphatic carbocycles. The summed E-state index contributed by atoms with van der Waals surface area (Å²) >= 11 is 0. The summed E-state index contributed by atoms with van der Waals surface area (Å²) in [4.78, 5) is 5.25. The zero-order valence-electron chi connectivity index (χ0n) is 8.96. The average molecular weight is 219 g/mol. The van der Waals surface area contributed by atoms with Gasteiger partial charge in [0.15, 0.2) is 0 Å². The molecule has 4 heteroatoms. The minimum atomic E-state index is -0.182. The van der Waals surface area contributed by atoms with Crippen molar-refractivity contribution >= 4 is 16.6 Å². The summed E-state index contributed by atoms with van der Waals surface area (Å²) < 4.78 is 13.5. The summed E-state index contributed by atoms with van der Waals surface area (Å²) in [5.41, 5.74) is 1.73. The van der Waals surface area contributed by atoms with E-state index in [1.54, 1.807) is 6.20 Å². The second-order valence-electron chi connectivity index (χ2n) is 4.07. The first-order valence-electron chi connectivity index (χ1n) is 5.57. The number of nitrogens with zero attached hydrogens (tertiary/aromatic N) is 1. The number of hydrogen-bond donors (Lipinski definition) is 2. The van der Waals surface area contributed by atoms with Gasteiger partial charge < -0.3 is 15.2 Å². The van der Waals surface area contributed by atoms with Crippen LogP contribution in [0, 0.1) is 5.82 Å². The Kier molecular flexibility index (Phi) is 2.29. The quantitative estimate of drug-likeness (QED) is 0.765. The first kappa shape index (κ1) is 9.66. The standard InChI is InChI=1S/C12H14FN3/c13-10-1-2-11(9-3-4-15-12(9)10)16-7-5-14-6-8-16/h1-4,14-15H,5-8H2. The first-order chi connectivity index (χ1) is 7.86. The fraction of sp³-hybridized carbons (Fsp3) is 0.333. The van der Waals surface area contributed by atoms with E-state index >= 15 is 0 Å². The van der Waals surface area contributed by atoms with Gasteiger partial charge in [-0.1, -0.05) is 0 Å². The van der Waals surface area contributed by atoms with E-state index in [1.807, 2.05) is 12.1 Å². The minimum Gasteiger partial charge on any atom is -0.368 e. The Bertz CT molecular complexity index is 500. The number of fused-ring (bicyclic) bond motifs is 1. The molecule has 16 heavy (non-hydrogen) atoms. The molecule has 3 nitrogen and oxygen atoms in total. The highest BCUT2D eigenvalue weighted by Crippen LogP contribution is 2.28. The molecule has 0 radical (unpaired) electrons. The first-order valence-corrected chi connectivity index (χ1v) is 5.57. The van der Waals surface area contributed by atoms with Crippen molar-refractivity contribution in [1.82, 2.24) is 10.3 Å². The van der Waals surface area contributed by atoms with Crippen molar-refractivity contribution < 1.29 is 4.39 Å². The lowest BCUT2D eigenvalue weighted by Gasteiger charge is -2.30. The van der Waals surface area contributed by atoms with Crippen LogP contribution in [0.15, 0.2) is 24.4 Å². The number of aromatic nitrogens is 1. The lowest BCUT2D eigenvalue weighted by atomic mass is 10.1. The maximum absolute atomic E-state index is 13.5. The van der Waals surface area contributed by atoms with Gasteiger partial charge in [-0.15, -0.1) is 0 Å². The molecule has 1 aliphatic heterocycles. The number of rotatable bonds is 1. The Morgan fingerprint density at radius 1 is 1.12 bits per heavy atom. The molecule has 1 aromatic carbocycles. The number of benzene rings is 1. The Morgan fingerprint density at radius 3 is 2.75 bits per heavy atom. The van der Waals surface area contributed by atoms with E-state index in [2.05, 4.69) is 15.2 Å². The van der Waals surface area contributed by atoms with Gasteiger partial charge >= 0.3 is 0 Å². The molecule has 3 rings (SSSR count). The third kappa shape index (κ3) is 1.46. The molecule has 1 fully saturated rings. The van der Waals surface area contributed by atoms with E-state index in [4.69, 9.17) is 0 Å². The maximum Gasteiger partial charge on any atom is 0.147 e. The van der Waals surface area contributed by atoms with Crippen LogP contribution in [0.4, 0.5) is 10.1 Å². The zero-order valence-corrected chi connectivity index (χ0v) is 8.96. The van der Waals surface area contributed by atoms with Crippen LogP contribution in [0.25, 0.3) is 10.9 Å². The molecule has 0 saturated carbocycles. The monoisotopic (exact) mass is 219 g/mol. The molecule has 0 bridgehead atoms. The Hall–Kier alpha value is -1.55. The van der Waals surface area contributed by atoms with Crippen molar-refractivity contribution in [1.29, 1.82) is 0 Å². The lowest BCUT2D eigenvalue weighted by Crippen LogP contribution is -2.43. The average Bonchev–Trinajstić information content (AvgIpc) is 2.81. The van der Waals surface area contributed by atoms with Crippen LogP contribution in [0.3, 0.4) is 0 Å². The number of halogens is 1. The third-order valence-corrected chi connectivity index (χ3v) is 3.11. The number of anilines is 1. The van der Waals surface area contributed by atoms with E-state index in [9.17, 15) is 4.39 Å². The van der Waals surface area contributed by atoms with Crippen molar-refractivity contribution in [2.24, 2.45) is 0 Å². The van der Waals surface area contributed by atoms with Crippen molar-refractivity contribution in [3.63, 3.8) is 0 Å².